The molecule has 2 nitrogen and oxygen atoms in total. The molecule has 0 rings (SSSR count). The molecule has 0 fully saturated rings. The Balaban J connectivity index is 2.88. The van der Waals surface area contributed by atoms with Crippen LogP contribution in [0.5, 0.6) is 0 Å². The van der Waals surface area contributed by atoms with Gasteiger partial charge in [-0.3, -0.25) is 0 Å². The summed E-state index contributed by atoms with van der Waals surface area (Å²) >= 11 is 1.22. The molecule has 0 unspecified atom stereocenters. The van der Waals surface area contributed by atoms with Gasteiger partial charge in [-0.2, -0.15) is 0 Å². The predicted molar refractivity (Wildman–Crippen MR) is 74.5 cm³/mol. The van der Waals surface area contributed by atoms with Crippen molar-refractivity contribution in [2.24, 2.45) is 0 Å². The zero-order valence-electron chi connectivity index (χ0n) is 10.7. The van der Waals surface area contributed by atoms with Gasteiger partial charge in [0.05, 0.1) is 0 Å². The lowest BCUT2D eigenvalue weighted by Gasteiger charge is -2.02. The fourth-order valence-corrected chi connectivity index (χ4v) is 2.36. The van der Waals surface area contributed by atoms with Crippen LogP contribution in [0, 0.1) is 0 Å². The molecule has 2 N–H and O–H groups in total. The molecule has 0 bridgehead atoms. The first-order chi connectivity index (χ1) is 7.77. The minimum atomic E-state index is -1.18. The maximum Gasteiger partial charge on any atom is 0.525 e. The molecule has 0 aromatic carbocycles. The molecule has 16 heavy (non-hydrogen) atoms. The van der Waals surface area contributed by atoms with Crippen molar-refractivity contribution in [2.75, 3.05) is 5.75 Å². The van der Waals surface area contributed by atoms with Gasteiger partial charge < -0.3 is 10.0 Å². The van der Waals surface area contributed by atoms with Gasteiger partial charge in [-0.15, -0.1) is 11.6 Å². The normalized spacial score (nSPS) is 10.7. The van der Waals surface area contributed by atoms with Crippen LogP contribution in [-0.4, -0.2) is 22.2 Å². The van der Waals surface area contributed by atoms with Gasteiger partial charge in [-0.1, -0.05) is 64.7 Å². The average molecular weight is 246 g/mol. The Bertz CT molecular complexity index is 134. The highest BCUT2D eigenvalue weighted by Gasteiger charge is 2.05. The van der Waals surface area contributed by atoms with E-state index in [1.807, 2.05) is 0 Å². The van der Waals surface area contributed by atoms with Gasteiger partial charge in [0.1, 0.15) is 0 Å². The Morgan fingerprint density at radius 1 is 0.750 bits per heavy atom. The number of hydrogen-bond acceptors (Lipinski definition) is 3. The summed E-state index contributed by atoms with van der Waals surface area (Å²) in [7, 11) is 0. The molecule has 0 aliphatic rings. The third-order valence-electron chi connectivity index (χ3n) is 2.76. The van der Waals surface area contributed by atoms with Gasteiger partial charge in [0.2, 0.25) is 0 Å². The van der Waals surface area contributed by atoms with Crippen LogP contribution in [0.1, 0.15) is 71.1 Å². The van der Waals surface area contributed by atoms with Crippen LogP contribution in [0.4, 0.5) is 0 Å². The molecule has 4 heteroatoms. The lowest BCUT2D eigenvalue weighted by molar-refractivity contribution is 0.437. The summed E-state index contributed by atoms with van der Waals surface area (Å²) in [6.07, 6.45) is 12.1. The molecule has 0 radical (unpaired) electrons. The Morgan fingerprint density at radius 3 is 1.62 bits per heavy atom. The van der Waals surface area contributed by atoms with Crippen LogP contribution in [0.25, 0.3) is 0 Å². The molecule has 0 heterocycles. The van der Waals surface area contributed by atoms with E-state index in [1.165, 1.54) is 69.4 Å². The molecule has 0 aromatic rings. The van der Waals surface area contributed by atoms with E-state index >= 15 is 0 Å². The molecular weight excluding hydrogens is 219 g/mol. The Kier molecular flexibility index (Phi) is 13.7. The van der Waals surface area contributed by atoms with Crippen molar-refractivity contribution >= 4 is 18.0 Å². The van der Waals surface area contributed by atoms with Gasteiger partial charge in [0.15, 0.2) is 0 Å². The van der Waals surface area contributed by atoms with Crippen LogP contribution in [-0.2, 0) is 0 Å². The zero-order chi connectivity index (χ0) is 12.1. The van der Waals surface area contributed by atoms with Crippen molar-refractivity contribution in [1.29, 1.82) is 0 Å². The minimum absolute atomic E-state index is 0.869. The molecule has 0 aliphatic carbocycles. The maximum atomic E-state index is 8.61. The molecule has 0 spiro atoms. The van der Waals surface area contributed by atoms with Crippen molar-refractivity contribution < 1.29 is 10.0 Å². The second kappa shape index (κ2) is 13.4. The smallest absolute Gasteiger partial charge is 0.418 e. The standard InChI is InChI=1S/C12H27BO2S/c1-2-3-4-5-6-7-8-9-10-11-12-16-13(14)15/h14-15H,2-12H2,1H3. The summed E-state index contributed by atoms with van der Waals surface area (Å²) in [5, 5.41) is 17.2. The summed E-state index contributed by atoms with van der Waals surface area (Å²) in [6.45, 7) is 2.25. The Hall–Kier alpha value is 0.335. The number of rotatable bonds is 12. The van der Waals surface area contributed by atoms with Crippen LogP contribution < -0.4 is 0 Å². The summed E-state index contributed by atoms with van der Waals surface area (Å²) < 4.78 is 0. The largest absolute Gasteiger partial charge is 0.525 e. The lowest BCUT2D eigenvalue weighted by atomic mass is 10.1. The monoisotopic (exact) mass is 246 g/mol. The van der Waals surface area contributed by atoms with Crippen molar-refractivity contribution in [1.82, 2.24) is 0 Å². The summed E-state index contributed by atoms with van der Waals surface area (Å²) in [5.41, 5.74) is 0. The number of unbranched alkanes of at least 4 members (excludes halogenated alkanes) is 9. The van der Waals surface area contributed by atoms with Gasteiger partial charge >= 0.3 is 6.40 Å². The first-order valence-electron chi connectivity index (χ1n) is 6.75. The van der Waals surface area contributed by atoms with E-state index in [-0.39, 0.29) is 0 Å². The molecule has 0 amide bonds. The van der Waals surface area contributed by atoms with E-state index in [2.05, 4.69) is 6.92 Å². The van der Waals surface area contributed by atoms with Crippen molar-refractivity contribution in [3.63, 3.8) is 0 Å². The minimum Gasteiger partial charge on any atom is -0.418 e. The van der Waals surface area contributed by atoms with E-state index in [9.17, 15) is 0 Å². The second-order valence-electron chi connectivity index (χ2n) is 4.38. The SMILES string of the molecule is CCCCCCCCCCCCSB(O)O. The third kappa shape index (κ3) is 14.3. The van der Waals surface area contributed by atoms with E-state index in [0.717, 1.165) is 12.2 Å². The molecule has 0 aromatic heterocycles. The number of hydrogen-bond donors (Lipinski definition) is 2. The maximum absolute atomic E-state index is 8.61. The zero-order valence-corrected chi connectivity index (χ0v) is 11.5. The van der Waals surface area contributed by atoms with Crippen LogP contribution in [0.15, 0.2) is 0 Å². The highest BCUT2D eigenvalue weighted by molar-refractivity contribution is 8.23. The molecular formula is C12H27BO2S. The fourth-order valence-electron chi connectivity index (χ4n) is 1.78. The molecule has 0 saturated heterocycles. The van der Waals surface area contributed by atoms with Crippen LogP contribution in [0.3, 0.4) is 0 Å². The highest BCUT2D eigenvalue weighted by Crippen LogP contribution is 2.12. The molecule has 0 aliphatic heterocycles. The van der Waals surface area contributed by atoms with Crippen molar-refractivity contribution in [3.05, 3.63) is 0 Å². The summed E-state index contributed by atoms with van der Waals surface area (Å²) in [6, 6.07) is 0. The Labute approximate surface area is 105 Å². The second-order valence-corrected chi connectivity index (χ2v) is 5.54. The van der Waals surface area contributed by atoms with E-state index < -0.39 is 6.40 Å². The van der Waals surface area contributed by atoms with Gasteiger partial charge in [0.25, 0.3) is 0 Å². The lowest BCUT2D eigenvalue weighted by Crippen LogP contribution is -2.05. The van der Waals surface area contributed by atoms with Crippen molar-refractivity contribution in [2.45, 2.75) is 71.1 Å². The van der Waals surface area contributed by atoms with Gasteiger partial charge in [-0.25, -0.2) is 0 Å². The first kappa shape index (κ1) is 16.3. The highest BCUT2D eigenvalue weighted by atomic mass is 32.2. The van der Waals surface area contributed by atoms with Gasteiger partial charge in [-0.05, 0) is 12.2 Å². The molecule has 0 saturated carbocycles. The summed E-state index contributed by atoms with van der Waals surface area (Å²) in [5.74, 6) is 0.869. The third-order valence-corrected chi connectivity index (χ3v) is 3.59. The Morgan fingerprint density at radius 2 is 1.19 bits per heavy atom. The fraction of sp³-hybridized carbons (Fsp3) is 1.00. The quantitative estimate of drug-likeness (QED) is 0.408. The molecule has 0 atom stereocenters. The summed E-state index contributed by atoms with van der Waals surface area (Å²) in [4.78, 5) is 0. The van der Waals surface area contributed by atoms with E-state index in [1.54, 1.807) is 0 Å². The van der Waals surface area contributed by atoms with E-state index in [4.69, 9.17) is 10.0 Å². The van der Waals surface area contributed by atoms with E-state index in [0.29, 0.717) is 0 Å². The van der Waals surface area contributed by atoms with Crippen molar-refractivity contribution in [3.8, 4) is 0 Å². The average Bonchev–Trinajstić information content (AvgIpc) is 2.25. The first-order valence-corrected chi connectivity index (χ1v) is 7.80. The van der Waals surface area contributed by atoms with Crippen LogP contribution >= 0.6 is 11.6 Å². The topological polar surface area (TPSA) is 40.5 Å². The van der Waals surface area contributed by atoms with Gasteiger partial charge in [0, 0.05) is 0 Å². The van der Waals surface area contributed by atoms with Crippen LogP contribution in [0.2, 0.25) is 0 Å². The predicted octanol–water partition coefficient (Wildman–Crippen LogP) is 3.61. The molecule has 96 valence electrons.